The van der Waals surface area contributed by atoms with Gasteiger partial charge < -0.3 is 10.1 Å². The highest BCUT2D eigenvalue weighted by Crippen LogP contribution is 2.28. The minimum atomic E-state index is -3.79. The summed E-state index contributed by atoms with van der Waals surface area (Å²) >= 11 is 0.966. The second-order valence-corrected chi connectivity index (χ2v) is 9.79. The second kappa shape index (κ2) is 9.67. The van der Waals surface area contributed by atoms with Crippen LogP contribution in [-0.4, -0.2) is 43.8 Å². The third-order valence-electron chi connectivity index (χ3n) is 4.78. The molecule has 1 saturated heterocycles. The Morgan fingerprint density at radius 3 is 2.50 bits per heavy atom. The van der Waals surface area contributed by atoms with Crippen molar-refractivity contribution >= 4 is 33.2 Å². The van der Waals surface area contributed by atoms with E-state index in [1.807, 2.05) is 0 Å². The van der Waals surface area contributed by atoms with Crippen LogP contribution in [0.3, 0.4) is 0 Å². The fourth-order valence-electron chi connectivity index (χ4n) is 3.10. The van der Waals surface area contributed by atoms with Gasteiger partial charge in [-0.2, -0.15) is 4.31 Å². The van der Waals surface area contributed by atoms with E-state index >= 15 is 0 Å². The van der Waals surface area contributed by atoms with Crippen LogP contribution in [0.15, 0.2) is 40.6 Å². The summed E-state index contributed by atoms with van der Waals surface area (Å²) in [4.78, 5) is 24.7. The Morgan fingerprint density at radius 2 is 1.83 bits per heavy atom. The van der Waals surface area contributed by atoms with Crippen LogP contribution >= 0.6 is 11.3 Å². The van der Waals surface area contributed by atoms with Crippen LogP contribution in [0.1, 0.15) is 41.4 Å². The van der Waals surface area contributed by atoms with E-state index in [2.05, 4.69) is 5.32 Å². The molecule has 1 fully saturated rings. The molecule has 0 aliphatic carbocycles. The molecule has 7 nitrogen and oxygen atoms in total. The maximum atomic E-state index is 12.9. The van der Waals surface area contributed by atoms with Crippen molar-refractivity contribution < 1.29 is 27.1 Å². The van der Waals surface area contributed by atoms with Gasteiger partial charge in [0.2, 0.25) is 10.0 Å². The van der Waals surface area contributed by atoms with Crippen LogP contribution in [0.25, 0.3) is 0 Å². The lowest BCUT2D eigenvalue weighted by molar-refractivity contribution is -0.129. The molecule has 1 aliphatic heterocycles. The summed E-state index contributed by atoms with van der Waals surface area (Å²) < 4.78 is 45.3. The van der Waals surface area contributed by atoms with Crippen LogP contribution in [-0.2, 0) is 26.1 Å². The van der Waals surface area contributed by atoms with E-state index in [-0.39, 0.29) is 22.1 Å². The molecule has 162 valence electrons. The molecule has 1 aliphatic rings. The first-order valence-corrected chi connectivity index (χ1v) is 11.9. The first-order valence-electron chi connectivity index (χ1n) is 9.60. The molecular formula is C20H23FN2O5S2. The topological polar surface area (TPSA) is 92.8 Å². The van der Waals surface area contributed by atoms with Gasteiger partial charge in [-0.25, -0.2) is 17.6 Å². The van der Waals surface area contributed by atoms with Gasteiger partial charge in [-0.15, -0.1) is 11.3 Å². The number of halogens is 1. The molecule has 2 heterocycles. The summed E-state index contributed by atoms with van der Waals surface area (Å²) in [5.74, 6) is -1.77. The second-order valence-electron chi connectivity index (χ2n) is 6.97. The minimum absolute atomic E-state index is 0.0428. The average Bonchev–Trinajstić information content (AvgIpc) is 3.25. The van der Waals surface area contributed by atoms with Gasteiger partial charge in [0.1, 0.15) is 15.6 Å². The molecular weight excluding hydrogens is 431 g/mol. The number of thiophene rings is 1. The fourth-order valence-corrected chi connectivity index (χ4v) is 5.89. The first kappa shape index (κ1) is 22.4. The highest BCUT2D eigenvalue weighted by atomic mass is 32.2. The van der Waals surface area contributed by atoms with Gasteiger partial charge in [-0.3, -0.25) is 4.79 Å². The summed E-state index contributed by atoms with van der Waals surface area (Å²) in [5.41, 5.74) is 0.691. The van der Waals surface area contributed by atoms with Gasteiger partial charge in [0.15, 0.2) is 6.10 Å². The van der Waals surface area contributed by atoms with Gasteiger partial charge in [-0.05, 0) is 48.9 Å². The first-order chi connectivity index (χ1) is 14.3. The number of carbonyl (C=O) groups is 2. The molecule has 3 rings (SSSR count). The fraction of sp³-hybridized carbons (Fsp3) is 0.400. The van der Waals surface area contributed by atoms with Crippen molar-refractivity contribution in [1.29, 1.82) is 0 Å². The zero-order valence-corrected chi connectivity index (χ0v) is 18.1. The van der Waals surface area contributed by atoms with Crippen LogP contribution in [0.5, 0.6) is 0 Å². The Kier molecular flexibility index (Phi) is 7.22. The number of rotatable bonds is 7. The van der Waals surface area contributed by atoms with E-state index in [0.29, 0.717) is 18.7 Å². The number of amides is 1. The summed E-state index contributed by atoms with van der Waals surface area (Å²) in [6.45, 7) is 2.41. The zero-order valence-electron chi connectivity index (χ0n) is 16.5. The normalized spacial score (nSPS) is 16.1. The van der Waals surface area contributed by atoms with Crippen molar-refractivity contribution in [2.45, 2.75) is 43.7 Å². The van der Waals surface area contributed by atoms with E-state index in [0.717, 1.165) is 30.6 Å². The van der Waals surface area contributed by atoms with Gasteiger partial charge in [-0.1, -0.05) is 18.6 Å². The van der Waals surface area contributed by atoms with Crippen LogP contribution in [0.2, 0.25) is 0 Å². The van der Waals surface area contributed by atoms with Crippen molar-refractivity contribution in [3.8, 4) is 0 Å². The number of carbonyl (C=O) groups excluding carboxylic acids is 2. The highest BCUT2D eigenvalue weighted by Gasteiger charge is 2.32. The molecule has 10 heteroatoms. The number of nitrogens with zero attached hydrogens (tertiary/aromatic N) is 1. The monoisotopic (exact) mass is 454 g/mol. The van der Waals surface area contributed by atoms with Crippen molar-refractivity contribution in [1.82, 2.24) is 9.62 Å². The summed E-state index contributed by atoms with van der Waals surface area (Å²) in [7, 11) is -3.79. The van der Waals surface area contributed by atoms with Gasteiger partial charge in [0.25, 0.3) is 5.91 Å². The minimum Gasteiger partial charge on any atom is -0.448 e. The summed E-state index contributed by atoms with van der Waals surface area (Å²) in [5, 5.41) is 4.12. The predicted molar refractivity (Wildman–Crippen MR) is 110 cm³/mol. The van der Waals surface area contributed by atoms with Gasteiger partial charge in [0, 0.05) is 19.6 Å². The van der Waals surface area contributed by atoms with Crippen molar-refractivity contribution in [3.63, 3.8) is 0 Å². The maximum Gasteiger partial charge on any atom is 0.350 e. The number of nitrogens with one attached hydrogen (secondary N) is 1. The van der Waals surface area contributed by atoms with Crippen LogP contribution in [0, 0.1) is 5.82 Å². The van der Waals surface area contributed by atoms with E-state index in [1.165, 1.54) is 46.9 Å². The van der Waals surface area contributed by atoms with Crippen LogP contribution in [0.4, 0.5) is 4.39 Å². The quantitative estimate of drug-likeness (QED) is 0.650. The molecule has 1 amide bonds. The molecule has 0 spiro atoms. The van der Waals surface area contributed by atoms with Crippen molar-refractivity contribution in [2.24, 2.45) is 0 Å². The number of sulfonamides is 1. The lowest BCUT2D eigenvalue weighted by Crippen LogP contribution is -2.37. The third kappa shape index (κ3) is 5.24. The largest absolute Gasteiger partial charge is 0.448 e. The number of hydrogen-bond donors (Lipinski definition) is 1. The summed E-state index contributed by atoms with van der Waals surface area (Å²) in [6.07, 6.45) is 1.43. The SMILES string of the molecule is C[C@@H](OC(=O)c1sccc1S(=O)(=O)N1CCCCC1)C(=O)NCc1ccc(F)cc1. The Balaban J connectivity index is 1.62. The molecule has 0 bridgehead atoms. The van der Waals surface area contributed by atoms with Crippen molar-refractivity contribution in [3.05, 3.63) is 52.0 Å². The molecule has 30 heavy (non-hydrogen) atoms. The molecule has 0 saturated carbocycles. The zero-order chi connectivity index (χ0) is 21.7. The molecule has 1 atom stereocenters. The molecule has 1 N–H and O–H groups in total. The Bertz CT molecular complexity index is 998. The van der Waals surface area contributed by atoms with Gasteiger partial charge in [0.05, 0.1) is 0 Å². The third-order valence-corrected chi connectivity index (χ3v) is 7.75. The Hall–Kier alpha value is -2.30. The van der Waals surface area contributed by atoms with E-state index < -0.39 is 28.0 Å². The standard InChI is InChI=1S/C20H23FN2O5S2/c1-14(19(24)22-13-15-5-7-16(21)8-6-15)28-20(25)18-17(9-12-29-18)30(26,27)23-10-3-2-4-11-23/h5-9,12,14H,2-4,10-11,13H2,1H3,(H,22,24)/t14-/m1/s1. The number of ether oxygens (including phenoxy) is 1. The Morgan fingerprint density at radius 1 is 1.17 bits per heavy atom. The molecule has 1 aromatic carbocycles. The number of hydrogen-bond acceptors (Lipinski definition) is 6. The average molecular weight is 455 g/mol. The van der Waals surface area contributed by atoms with E-state index in [1.54, 1.807) is 0 Å². The molecule has 1 aromatic heterocycles. The molecule has 2 aromatic rings. The Labute approximate surface area is 178 Å². The molecule has 0 unspecified atom stereocenters. The number of benzene rings is 1. The summed E-state index contributed by atoms with van der Waals surface area (Å²) in [6, 6.07) is 7.04. The van der Waals surface area contributed by atoms with Crippen LogP contribution < -0.4 is 5.32 Å². The van der Waals surface area contributed by atoms with E-state index in [9.17, 15) is 22.4 Å². The maximum absolute atomic E-state index is 12.9. The highest BCUT2D eigenvalue weighted by molar-refractivity contribution is 7.89. The number of piperidine rings is 1. The predicted octanol–water partition coefficient (Wildman–Crippen LogP) is 2.92. The smallest absolute Gasteiger partial charge is 0.350 e. The number of esters is 1. The van der Waals surface area contributed by atoms with E-state index in [4.69, 9.17) is 4.74 Å². The lowest BCUT2D eigenvalue weighted by atomic mass is 10.2. The van der Waals surface area contributed by atoms with Crippen molar-refractivity contribution in [2.75, 3.05) is 13.1 Å². The molecule has 0 radical (unpaired) electrons. The van der Waals surface area contributed by atoms with Gasteiger partial charge >= 0.3 is 5.97 Å². The lowest BCUT2D eigenvalue weighted by Gasteiger charge is -2.25.